The Hall–Kier alpha value is -2.82. The maximum absolute atomic E-state index is 13.7. The molecule has 0 aromatic heterocycles. The van der Waals surface area contributed by atoms with Crippen LogP contribution in [0.5, 0.6) is 11.5 Å². The summed E-state index contributed by atoms with van der Waals surface area (Å²) in [5.41, 5.74) is 4.45. The lowest BCUT2D eigenvalue weighted by atomic mass is 9.63. The first-order valence-corrected chi connectivity index (χ1v) is 12.8. The molecule has 5 nitrogen and oxygen atoms in total. The molecule has 3 aliphatic rings. The van der Waals surface area contributed by atoms with Crippen molar-refractivity contribution in [3.8, 4) is 11.5 Å². The molecule has 1 heterocycles. The molecule has 0 radical (unpaired) electrons. The minimum Gasteiger partial charge on any atom is -0.490 e. The Labute approximate surface area is 209 Å². The highest BCUT2D eigenvalue weighted by Gasteiger charge is 2.48. The number of nitrogens with zero attached hydrogens (tertiary/aromatic N) is 1. The van der Waals surface area contributed by atoms with E-state index in [1.54, 1.807) is 6.08 Å². The molecule has 0 bridgehead atoms. The lowest BCUT2D eigenvalue weighted by molar-refractivity contribution is -0.119. The minimum absolute atomic E-state index is 0.112. The van der Waals surface area contributed by atoms with Gasteiger partial charge in [0.05, 0.1) is 6.61 Å². The quantitative estimate of drug-likeness (QED) is 0.428. The minimum atomic E-state index is -0.373. The summed E-state index contributed by atoms with van der Waals surface area (Å²) in [5, 5.41) is 0. The van der Waals surface area contributed by atoms with Crippen LogP contribution in [0.1, 0.15) is 78.7 Å². The van der Waals surface area contributed by atoms with Crippen LogP contribution in [0.4, 0.5) is 0 Å². The van der Waals surface area contributed by atoms with Crippen molar-refractivity contribution >= 4 is 11.6 Å². The fourth-order valence-electron chi connectivity index (χ4n) is 6.00. The number of rotatable bonds is 7. The van der Waals surface area contributed by atoms with Crippen molar-refractivity contribution in [2.24, 2.45) is 10.8 Å². The van der Waals surface area contributed by atoms with Crippen molar-refractivity contribution in [3.63, 3.8) is 0 Å². The maximum atomic E-state index is 13.7. The Balaban J connectivity index is 1.94. The van der Waals surface area contributed by atoms with Gasteiger partial charge in [0.2, 0.25) is 0 Å². The van der Waals surface area contributed by atoms with Gasteiger partial charge in [-0.25, -0.2) is 0 Å². The highest BCUT2D eigenvalue weighted by Crippen LogP contribution is 2.54. The average molecular weight is 478 g/mol. The molecule has 0 fully saturated rings. The van der Waals surface area contributed by atoms with Gasteiger partial charge in [0.1, 0.15) is 6.61 Å². The SMILES string of the molecule is C=CCOc1ccc(C2C3=C(CC(C)(C)CC3=O)N(CC)C3=C2C(=O)CC(C)(C)C3)cc1OCC. The predicted molar refractivity (Wildman–Crippen MR) is 139 cm³/mol. The van der Waals surface area contributed by atoms with Crippen LogP contribution in [0.2, 0.25) is 0 Å². The first-order valence-electron chi connectivity index (χ1n) is 12.8. The second-order valence-corrected chi connectivity index (χ2v) is 11.5. The van der Waals surface area contributed by atoms with Crippen molar-refractivity contribution in [2.75, 3.05) is 19.8 Å². The zero-order valence-electron chi connectivity index (χ0n) is 22.1. The summed E-state index contributed by atoms with van der Waals surface area (Å²) in [4.78, 5) is 29.7. The number of benzene rings is 1. The summed E-state index contributed by atoms with van der Waals surface area (Å²) in [6, 6.07) is 5.84. The van der Waals surface area contributed by atoms with Crippen LogP contribution in [-0.2, 0) is 9.59 Å². The molecule has 0 atom stereocenters. The lowest BCUT2D eigenvalue weighted by Crippen LogP contribution is -2.44. The Bertz CT molecular complexity index is 1070. The third-order valence-electron chi connectivity index (χ3n) is 7.30. The van der Waals surface area contributed by atoms with Crippen LogP contribution in [0, 0.1) is 10.8 Å². The Kier molecular flexibility index (Phi) is 6.74. The molecule has 1 aromatic carbocycles. The zero-order valence-corrected chi connectivity index (χ0v) is 22.1. The van der Waals surface area contributed by atoms with Gasteiger partial charge in [0.15, 0.2) is 23.1 Å². The van der Waals surface area contributed by atoms with Gasteiger partial charge in [-0.05, 0) is 55.2 Å². The van der Waals surface area contributed by atoms with Gasteiger partial charge in [0, 0.05) is 47.8 Å². The van der Waals surface area contributed by atoms with E-state index in [1.807, 2.05) is 25.1 Å². The smallest absolute Gasteiger partial charge is 0.162 e. The fraction of sp³-hybridized carbons (Fsp3) is 0.533. The van der Waals surface area contributed by atoms with E-state index in [-0.39, 0.29) is 28.3 Å². The molecule has 0 amide bonds. The van der Waals surface area contributed by atoms with E-state index in [4.69, 9.17) is 9.47 Å². The molecule has 4 rings (SSSR count). The molecular weight excluding hydrogens is 438 g/mol. The second-order valence-electron chi connectivity index (χ2n) is 11.5. The third-order valence-corrected chi connectivity index (χ3v) is 7.30. The molecule has 35 heavy (non-hydrogen) atoms. The van der Waals surface area contributed by atoms with E-state index in [1.165, 1.54) is 0 Å². The monoisotopic (exact) mass is 477 g/mol. The lowest BCUT2D eigenvalue weighted by Gasteiger charge is -2.48. The number of carbonyl (C=O) groups excluding carboxylic acids is 2. The largest absolute Gasteiger partial charge is 0.490 e. The van der Waals surface area contributed by atoms with Crippen molar-refractivity contribution in [1.29, 1.82) is 0 Å². The third kappa shape index (κ3) is 4.70. The van der Waals surface area contributed by atoms with E-state index in [0.29, 0.717) is 37.6 Å². The zero-order chi connectivity index (χ0) is 25.5. The van der Waals surface area contributed by atoms with Crippen LogP contribution in [0.15, 0.2) is 53.4 Å². The Morgan fingerprint density at radius 3 is 1.97 bits per heavy atom. The number of ether oxygens (including phenoxy) is 2. The van der Waals surface area contributed by atoms with Gasteiger partial charge in [0.25, 0.3) is 0 Å². The van der Waals surface area contributed by atoms with Crippen molar-refractivity contribution < 1.29 is 19.1 Å². The molecule has 5 heteroatoms. The summed E-state index contributed by atoms with van der Waals surface area (Å²) in [6.45, 7) is 18.0. The van der Waals surface area contributed by atoms with E-state index in [0.717, 1.165) is 47.5 Å². The second kappa shape index (κ2) is 9.33. The molecule has 0 saturated carbocycles. The van der Waals surface area contributed by atoms with E-state index in [2.05, 4.69) is 46.1 Å². The topological polar surface area (TPSA) is 55.8 Å². The van der Waals surface area contributed by atoms with Gasteiger partial charge in [-0.2, -0.15) is 0 Å². The number of ketones is 2. The highest BCUT2D eigenvalue weighted by atomic mass is 16.5. The average Bonchev–Trinajstić information content (AvgIpc) is 2.75. The molecule has 1 aromatic rings. The standard InChI is InChI=1S/C30H39NO4/c1-8-13-35-24-12-11-19(14-25(24)34-10-3)26-27-20(15-29(4,5)17-22(27)32)31(9-2)21-16-30(6,7)18-23(33)28(21)26/h8,11-12,14,26H,1,9-10,13,15-18H2,2-7H3. The Morgan fingerprint density at radius 2 is 1.49 bits per heavy atom. The van der Waals surface area contributed by atoms with Crippen molar-refractivity contribution in [3.05, 3.63) is 59.0 Å². The van der Waals surface area contributed by atoms with E-state index < -0.39 is 0 Å². The van der Waals surface area contributed by atoms with Gasteiger partial charge in [-0.3, -0.25) is 9.59 Å². The van der Waals surface area contributed by atoms with Crippen molar-refractivity contribution in [1.82, 2.24) is 4.90 Å². The molecule has 1 aliphatic heterocycles. The maximum Gasteiger partial charge on any atom is 0.162 e. The fourth-order valence-corrected chi connectivity index (χ4v) is 6.00. The molecule has 0 N–H and O–H groups in total. The molecule has 0 spiro atoms. The number of hydrogen-bond donors (Lipinski definition) is 0. The van der Waals surface area contributed by atoms with Gasteiger partial charge in [-0.15, -0.1) is 0 Å². The molecular formula is C30H39NO4. The number of allylic oxidation sites excluding steroid dienone is 4. The van der Waals surface area contributed by atoms with Gasteiger partial charge < -0.3 is 14.4 Å². The number of carbonyl (C=O) groups is 2. The molecule has 188 valence electrons. The summed E-state index contributed by atoms with van der Waals surface area (Å²) in [5.74, 6) is 1.18. The molecule has 0 unspecified atom stereocenters. The number of Topliss-reactive ketones (excluding diaryl/α,β-unsaturated/α-hetero) is 2. The summed E-state index contributed by atoms with van der Waals surface area (Å²) in [7, 11) is 0. The van der Waals surface area contributed by atoms with Crippen LogP contribution in [0.25, 0.3) is 0 Å². The first-order chi connectivity index (χ1) is 16.5. The van der Waals surface area contributed by atoms with E-state index >= 15 is 0 Å². The van der Waals surface area contributed by atoms with Crippen LogP contribution < -0.4 is 9.47 Å². The van der Waals surface area contributed by atoms with Crippen LogP contribution in [0.3, 0.4) is 0 Å². The van der Waals surface area contributed by atoms with Gasteiger partial charge >= 0.3 is 0 Å². The number of hydrogen-bond acceptors (Lipinski definition) is 5. The normalized spacial score (nSPS) is 21.6. The van der Waals surface area contributed by atoms with Crippen LogP contribution >= 0.6 is 0 Å². The van der Waals surface area contributed by atoms with Crippen molar-refractivity contribution in [2.45, 2.75) is 73.1 Å². The summed E-state index contributed by atoms with van der Waals surface area (Å²) < 4.78 is 11.7. The molecule has 2 aliphatic carbocycles. The highest BCUT2D eigenvalue weighted by molar-refractivity contribution is 6.06. The predicted octanol–water partition coefficient (Wildman–Crippen LogP) is 6.36. The van der Waals surface area contributed by atoms with Gasteiger partial charge in [-0.1, -0.05) is 46.4 Å². The molecule has 0 saturated heterocycles. The first kappa shape index (κ1) is 25.3. The van der Waals surface area contributed by atoms with Crippen LogP contribution in [-0.4, -0.2) is 36.2 Å². The van der Waals surface area contributed by atoms with E-state index in [9.17, 15) is 9.59 Å². The summed E-state index contributed by atoms with van der Waals surface area (Å²) >= 11 is 0. The summed E-state index contributed by atoms with van der Waals surface area (Å²) in [6.07, 6.45) is 4.32. The Morgan fingerprint density at radius 1 is 0.914 bits per heavy atom.